The van der Waals surface area contributed by atoms with Crippen LogP contribution in [0.2, 0.25) is 0 Å². The highest BCUT2D eigenvalue weighted by Gasteiger charge is 2.42. The predicted molar refractivity (Wildman–Crippen MR) is 116 cm³/mol. The van der Waals surface area contributed by atoms with Gasteiger partial charge in [-0.05, 0) is 49.9 Å². The fourth-order valence-electron chi connectivity index (χ4n) is 4.44. The third-order valence-corrected chi connectivity index (χ3v) is 6.02. The van der Waals surface area contributed by atoms with Gasteiger partial charge in [-0.25, -0.2) is 4.79 Å². The van der Waals surface area contributed by atoms with Gasteiger partial charge in [-0.15, -0.1) is 0 Å². The van der Waals surface area contributed by atoms with Crippen LogP contribution in [0.1, 0.15) is 54.3 Å². The monoisotopic (exact) mass is 407 g/mol. The first kappa shape index (κ1) is 20.3. The molecule has 158 valence electrons. The molecule has 2 amide bonds. The SMILES string of the molecule is CCOC(=O)N1CCC(N2C(=O)c3ccccc3C2Nc2cccc(CC)c2)CC1. The molecule has 1 N–H and O–H groups in total. The van der Waals surface area contributed by atoms with Gasteiger partial charge in [-0.2, -0.15) is 0 Å². The zero-order valence-corrected chi connectivity index (χ0v) is 17.6. The number of anilines is 1. The molecule has 2 aliphatic rings. The largest absolute Gasteiger partial charge is 0.450 e. The van der Waals surface area contributed by atoms with Crippen LogP contribution in [-0.4, -0.2) is 47.5 Å². The van der Waals surface area contributed by atoms with Gasteiger partial charge in [-0.3, -0.25) is 4.79 Å². The van der Waals surface area contributed by atoms with Gasteiger partial charge in [0.25, 0.3) is 5.91 Å². The standard InChI is InChI=1S/C24H29N3O3/c1-3-17-8-7-9-18(16-17)25-22-20-10-5-6-11-21(20)23(28)27(22)19-12-14-26(15-13-19)24(29)30-4-2/h5-11,16,19,22,25H,3-4,12-15H2,1-2H3. The van der Waals surface area contributed by atoms with E-state index >= 15 is 0 Å². The molecule has 0 saturated carbocycles. The molecule has 0 radical (unpaired) electrons. The van der Waals surface area contributed by atoms with Crippen LogP contribution in [0.15, 0.2) is 48.5 Å². The molecule has 2 aromatic rings. The molecule has 0 spiro atoms. The molecule has 0 aliphatic carbocycles. The predicted octanol–water partition coefficient (Wildman–Crippen LogP) is 4.44. The van der Waals surface area contributed by atoms with E-state index in [2.05, 4.69) is 24.4 Å². The summed E-state index contributed by atoms with van der Waals surface area (Å²) in [6, 6.07) is 16.3. The zero-order valence-electron chi connectivity index (χ0n) is 17.6. The minimum absolute atomic E-state index is 0.0596. The van der Waals surface area contributed by atoms with E-state index in [0.29, 0.717) is 19.7 Å². The number of hydrogen-bond acceptors (Lipinski definition) is 4. The first-order valence-corrected chi connectivity index (χ1v) is 10.8. The van der Waals surface area contributed by atoms with E-state index in [1.807, 2.05) is 48.2 Å². The lowest BCUT2D eigenvalue weighted by Crippen LogP contribution is -2.49. The number of aryl methyl sites for hydroxylation is 1. The Hall–Kier alpha value is -3.02. The van der Waals surface area contributed by atoms with Gasteiger partial charge >= 0.3 is 6.09 Å². The average molecular weight is 408 g/mol. The fourth-order valence-corrected chi connectivity index (χ4v) is 4.44. The number of benzene rings is 2. The van der Waals surface area contributed by atoms with Crippen molar-refractivity contribution < 1.29 is 14.3 Å². The number of rotatable bonds is 5. The molecule has 0 bridgehead atoms. The van der Waals surface area contributed by atoms with E-state index in [9.17, 15) is 9.59 Å². The Morgan fingerprint density at radius 2 is 1.87 bits per heavy atom. The molecule has 1 atom stereocenters. The van der Waals surface area contributed by atoms with Crippen LogP contribution in [0.3, 0.4) is 0 Å². The molecule has 30 heavy (non-hydrogen) atoms. The van der Waals surface area contributed by atoms with Crippen molar-refractivity contribution in [2.45, 2.75) is 45.3 Å². The lowest BCUT2D eigenvalue weighted by molar-refractivity contribution is 0.0496. The molecular formula is C24H29N3O3. The third-order valence-electron chi connectivity index (χ3n) is 6.02. The highest BCUT2D eigenvalue weighted by atomic mass is 16.6. The summed E-state index contributed by atoms with van der Waals surface area (Å²) in [6.45, 7) is 5.52. The van der Waals surface area contributed by atoms with Crippen molar-refractivity contribution in [1.82, 2.24) is 9.80 Å². The van der Waals surface area contributed by atoms with Gasteiger partial charge in [0.2, 0.25) is 0 Å². The fraction of sp³-hybridized carbons (Fsp3) is 0.417. The van der Waals surface area contributed by atoms with E-state index in [1.165, 1.54) is 5.56 Å². The molecule has 1 fully saturated rings. The van der Waals surface area contributed by atoms with Gasteiger partial charge in [-0.1, -0.05) is 37.3 Å². The summed E-state index contributed by atoms with van der Waals surface area (Å²) in [7, 11) is 0. The van der Waals surface area contributed by atoms with Crippen LogP contribution < -0.4 is 5.32 Å². The van der Waals surface area contributed by atoms with Crippen LogP contribution in [0.4, 0.5) is 10.5 Å². The van der Waals surface area contributed by atoms with E-state index in [0.717, 1.165) is 36.1 Å². The Kier molecular flexibility index (Phi) is 5.93. The average Bonchev–Trinajstić information content (AvgIpc) is 3.06. The molecule has 0 aromatic heterocycles. The third kappa shape index (κ3) is 3.86. The maximum Gasteiger partial charge on any atom is 0.409 e. The highest BCUT2D eigenvalue weighted by Crippen LogP contribution is 2.38. The van der Waals surface area contributed by atoms with E-state index in [-0.39, 0.29) is 24.2 Å². The van der Waals surface area contributed by atoms with Crippen molar-refractivity contribution in [1.29, 1.82) is 0 Å². The number of ether oxygens (including phenoxy) is 1. The quantitative estimate of drug-likeness (QED) is 0.796. The topological polar surface area (TPSA) is 61.9 Å². The Morgan fingerprint density at radius 3 is 2.60 bits per heavy atom. The van der Waals surface area contributed by atoms with Crippen molar-refractivity contribution in [3.05, 3.63) is 65.2 Å². The molecule has 2 heterocycles. The lowest BCUT2D eigenvalue weighted by atomic mass is 10.0. The van der Waals surface area contributed by atoms with E-state index < -0.39 is 0 Å². The Balaban J connectivity index is 1.56. The van der Waals surface area contributed by atoms with E-state index in [4.69, 9.17) is 4.74 Å². The second-order valence-electron chi connectivity index (χ2n) is 7.82. The lowest BCUT2D eigenvalue weighted by Gasteiger charge is -2.39. The maximum absolute atomic E-state index is 13.3. The summed E-state index contributed by atoms with van der Waals surface area (Å²) < 4.78 is 5.13. The number of hydrogen-bond donors (Lipinski definition) is 1. The normalized spacial score (nSPS) is 19.0. The summed E-state index contributed by atoms with van der Waals surface area (Å²) in [5, 5.41) is 3.60. The minimum atomic E-state index is -0.266. The van der Waals surface area contributed by atoms with Crippen LogP contribution in [0.5, 0.6) is 0 Å². The molecule has 2 aliphatic heterocycles. The number of likely N-dealkylation sites (tertiary alicyclic amines) is 1. The van der Waals surface area contributed by atoms with Crippen LogP contribution in [-0.2, 0) is 11.2 Å². The van der Waals surface area contributed by atoms with Crippen LogP contribution in [0.25, 0.3) is 0 Å². The summed E-state index contributed by atoms with van der Waals surface area (Å²) in [6.07, 6.45) is 1.97. The Bertz CT molecular complexity index is 921. The number of amides is 2. The molecule has 6 nitrogen and oxygen atoms in total. The highest BCUT2D eigenvalue weighted by molar-refractivity contribution is 5.99. The molecule has 1 unspecified atom stereocenters. The number of carbonyl (C=O) groups excluding carboxylic acids is 2. The van der Waals surface area contributed by atoms with Crippen molar-refractivity contribution in [2.75, 3.05) is 25.0 Å². The van der Waals surface area contributed by atoms with Crippen LogP contribution in [0, 0.1) is 0 Å². The number of carbonyl (C=O) groups is 2. The van der Waals surface area contributed by atoms with Crippen molar-refractivity contribution in [2.24, 2.45) is 0 Å². The number of piperidine rings is 1. The first-order valence-electron chi connectivity index (χ1n) is 10.8. The van der Waals surface area contributed by atoms with E-state index in [1.54, 1.807) is 4.90 Å². The van der Waals surface area contributed by atoms with Crippen LogP contribution >= 0.6 is 0 Å². The summed E-state index contributed by atoms with van der Waals surface area (Å²) in [5.74, 6) is 0.0596. The molecule has 2 aromatic carbocycles. The second kappa shape index (κ2) is 8.78. The van der Waals surface area contributed by atoms with Crippen molar-refractivity contribution in [3.63, 3.8) is 0 Å². The van der Waals surface area contributed by atoms with Gasteiger partial charge in [0.15, 0.2) is 0 Å². The Labute approximate surface area is 177 Å². The summed E-state index contributed by atoms with van der Waals surface area (Å²) in [4.78, 5) is 29.1. The molecule has 4 rings (SSSR count). The minimum Gasteiger partial charge on any atom is -0.450 e. The maximum atomic E-state index is 13.3. The molecule has 1 saturated heterocycles. The zero-order chi connectivity index (χ0) is 21.1. The van der Waals surface area contributed by atoms with Gasteiger partial charge < -0.3 is 19.9 Å². The first-order chi connectivity index (χ1) is 14.6. The summed E-state index contributed by atoms with van der Waals surface area (Å²) >= 11 is 0. The number of nitrogens with one attached hydrogen (secondary N) is 1. The Morgan fingerprint density at radius 1 is 1.10 bits per heavy atom. The smallest absolute Gasteiger partial charge is 0.409 e. The molecule has 6 heteroatoms. The van der Waals surface area contributed by atoms with Crippen molar-refractivity contribution in [3.8, 4) is 0 Å². The van der Waals surface area contributed by atoms with Gasteiger partial charge in [0, 0.05) is 35.9 Å². The van der Waals surface area contributed by atoms with Gasteiger partial charge in [0.1, 0.15) is 6.17 Å². The number of fused-ring (bicyclic) bond motifs is 1. The van der Waals surface area contributed by atoms with Gasteiger partial charge in [0.05, 0.1) is 6.61 Å². The number of nitrogens with zero attached hydrogens (tertiary/aromatic N) is 2. The van der Waals surface area contributed by atoms with Crippen molar-refractivity contribution >= 4 is 17.7 Å². The second-order valence-corrected chi connectivity index (χ2v) is 7.82. The summed E-state index contributed by atoms with van der Waals surface area (Å²) in [5.41, 5.74) is 4.04. The molecular weight excluding hydrogens is 378 g/mol.